The number of nitrogens with zero attached hydrogens (tertiary/aromatic N) is 1. The molecule has 3 nitrogen and oxygen atoms in total. The third-order valence-electron chi connectivity index (χ3n) is 4.02. The molecule has 0 aliphatic carbocycles. The molecule has 4 heteroatoms. The molecule has 0 spiro atoms. The number of hydrogen-bond donors (Lipinski definition) is 1. The molecular formula is C14H24N2OS. The third-order valence-corrected chi connectivity index (χ3v) is 4.85. The predicted octanol–water partition coefficient (Wildman–Crippen LogP) is 3.86. The fourth-order valence-electron chi connectivity index (χ4n) is 2.60. The molecule has 1 aliphatic rings. The van der Waals surface area contributed by atoms with Gasteiger partial charge in [-0.1, -0.05) is 20.8 Å². The van der Waals surface area contributed by atoms with Crippen molar-refractivity contribution in [1.29, 1.82) is 0 Å². The van der Waals surface area contributed by atoms with E-state index >= 15 is 0 Å². The highest BCUT2D eigenvalue weighted by atomic mass is 32.1. The summed E-state index contributed by atoms with van der Waals surface area (Å²) in [5.74, 6) is 0. The van der Waals surface area contributed by atoms with Gasteiger partial charge in [0.15, 0.2) is 5.13 Å². The number of rotatable bonds is 5. The minimum atomic E-state index is 0.0841. The largest absolute Gasteiger partial charge is 0.375 e. The Balaban J connectivity index is 1.97. The van der Waals surface area contributed by atoms with Crippen LogP contribution < -0.4 is 5.32 Å². The van der Waals surface area contributed by atoms with Crippen LogP contribution in [0, 0.1) is 0 Å². The van der Waals surface area contributed by atoms with Crippen molar-refractivity contribution in [3.63, 3.8) is 0 Å². The maximum Gasteiger partial charge on any atom is 0.183 e. The van der Waals surface area contributed by atoms with E-state index in [9.17, 15) is 0 Å². The average molecular weight is 268 g/mol. The maximum atomic E-state index is 6.00. The highest BCUT2D eigenvalue weighted by Gasteiger charge is 2.34. The Morgan fingerprint density at radius 3 is 2.83 bits per heavy atom. The van der Waals surface area contributed by atoms with E-state index in [4.69, 9.17) is 4.74 Å². The molecule has 102 valence electrons. The van der Waals surface area contributed by atoms with Crippen LogP contribution in [0.4, 0.5) is 5.13 Å². The minimum absolute atomic E-state index is 0.0841. The van der Waals surface area contributed by atoms with Gasteiger partial charge in [-0.05, 0) is 32.1 Å². The quantitative estimate of drug-likeness (QED) is 0.880. The number of aromatic nitrogens is 1. The molecule has 0 amide bonds. The minimum Gasteiger partial charge on any atom is -0.375 e. The van der Waals surface area contributed by atoms with Crippen molar-refractivity contribution >= 4 is 16.5 Å². The monoisotopic (exact) mass is 268 g/mol. The lowest BCUT2D eigenvalue weighted by molar-refractivity contribution is -0.0864. The van der Waals surface area contributed by atoms with E-state index in [0.717, 1.165) is 43.8 Å². The molecule has 18 heavy (non-hydrogen) atoms. The molecule has 1 aromatic rings. The van der Waals surface area contributed by atoms with Gasteiger partial charge in [-0.25, -0.2) is 4.98 Å². The molecule has 0 radical (unpaired) electrons. The van der Waals surface area contributed by atoms with Crippen molar-refractivity contribution in [2.75, 3.05) is 11.9 Å². The molecular weight excluding hydrogens is 244 g/mol. The molecule has 1 aromatic heterocycles. The fourth-order valence-corrected chi connectivity index (χ4v) is 3.48. The summed E-state index contributed by atoms with van der Waals surface area (Å²) in [6, 6.07) is 0.509. The van der Waals surface area contributed by atoms with Gasteiger partial charge in [0.2, 0.25) is 0 Å². The van der Waals surface area contributed by atoms with Gasteiger partial charge in [-0.3, -0.25) is 0 Å². The van der Waals surface area contributed by atoms with Gasteiger partial charge < -0.3 is 10.1 Å². The molecule has 1 aliphatic heterocycles. The Morgan fingerprint density at radius 2 is 2.22 bits per heavy atom. The molecule has 1 unspecified atom stereocenters. The van der Waals surface area contributed by atoms with Gasteiger partial charge in [0.1, 0.15) is 0 Å². The Kier molecular flexibility index (Phi) is 4.62. The summed E-state index contributed by atoms with van der Waals surface area (Å²) in [6.45, 7) is 7.47. The topological polar surface area (TPSA) is 34.1 Å². The van der Waals surface area contributed by atoms with Gasteiger partial charge in [0.25, 0.3) is 0 Å². The van der Waals surface area contributed by atoms with Crippen LogP contribution in [0.25, 0.3) is 0 Å². The summed E-state index contributed by atoms with van der Waals surface area (Å²) in [5.41, 5.74) is 1.27. The molecule has 1 N–H and O–H groups in total. The third kappa shape index (κ3) is 3.04. The number of aryl methyl sites for hydroxylation is 1. The van der Waals surface area contributed by atoms with Crippen LogP contribution in [0.2, 0.25) is 0 Å². The van der Waals surface area contributed by atoms with Crippen LogP contribution in [0.3, 0.4) is 0 Å². The number of ether oxygens (including phenoxy) is 1. The second kappa shape index (κ2) is 6.02. The van der Waals surface area contributed by atoms with Crippen molar-refractivity contribution in [2.45, 2.75) is 64.5 Å². The highest BCUT2D eigenvalue weighted by Crippen LogP contribution is 2.33. The lowest BCUT2D eigenvalue weighted by atomic mass is 9.86. The van der Waals surface area contributed by atoms with Gasteiger partial charge in [-0.15, -0.1) is 11.3 Å². The van der Waals surface area contributed by atoms with E-state index in [0.29, 0.717) is 6.04 Å². The summed E-state index contributed by atoms with van der Waals surface area (Å²) in [6.07, 6.45) is 5.39. The van der Waals surface area contributed by atoms with Crippen LogP contribution in [0.1, 0.15) is 52.1 Å². The predicted molar refractivity (Wildman–Crippen MR) is 77.4 cm³/mol. The highest BCUT2D eigenvalue weighted by molar-refractivity contribution is 7.13. The molecule has 0 aromatic carbocycles. The van der Waals surface area contributed by atoms with Gasteiger partial charge >= 0.3 is 0 Å². The van der Waals surface area contributed by atoms with Crippen LogP contribution >= 0.6 is 11.3 Å². The summed E-state index contributed by atoms with van der Waals surface area (Å²) < 4.78 is 6.00. The van der Waals surface area contributed by atoms with Crippen molar-refractivity contribution in [3.8, 4) is 0 Å². The second-order valence-electron chi connectivity index (χ2n) is 5.07. The molecule has 2 heterocycles. The molecule has 0 saturated carbocycles. The molecule has 2 rings (SSSR count). The normalized spacial score (nSPS) is 22.9. The number of thiazole rings is 1. The average Bonchev–Trinajstić information content (AvgIpc) is 2.86. The summed E-state index contributed by atoms with van der Waals surface area (Å²) in [7, 11) is 0. The smallest absolute Gasteiger partial charge is 0.183 e. The standard InChI is InChI=1S/C14H24N2OS/c1-4-11-10-18-13(15-11)16-12-7-8-17-14(5-2,6-3)9-12/h10,12H,4-9H2,1-3H3,(H,15,16). The first-order chi connectivity index (χ1) is 8.71. The lowest BCUT2D eigenvalue weighted by Crippen LogP contribution is -2.43. The van der Waals surface area contributed by atoms with Crippen LogP contribution in [-0.4, -0.2) is 23.2 Å². The first-order valence-corrected chi connectivity index (χ1v) is 7.94. The summed E-state index contributed by atoms with van der Waals surface area (Å²) in [4.78, 5) is 4.59. The number of nitrogens with one attached hydrogen (secondary N) is 1. The van der Waals surface area contributed by atoms with E-state index in [1.54, 1.807) is 11.3 Å². The van der Waals surface area contributed by atoms with Crippen LogP contribution in [0.5, 0.6) is 0 Å². The van der Waals surface area contributed by atoms with Gasteiger partial charge in [0.05, 0.1) is 11.3 Å². The molecule has 1 saturated heterocycles. The summed E-state index contributed by atoms with van der Waals surface area (Å²) in [5, 5.41) is 6.80. The van der Waals surface area contributed by atoms with Gasteiger partial charge in [-0.2, -0.15) is 0 Å². The van der Waals surface area contributed by atoms with E-state index in [2.05, 4.69) is 36.5 Å². The molecule has 1 fully saturated rings. The van der Waals surface area contributed by atoms with Crippen molar-refractivity contribution in [1.82, 2.24) is 4.98 Å². The first kappa shape index (κ1) is 13.8. The SMILES string of the molecule is CCc1csc(NC2CCOC(CC)(CC)C2)n1. The zero-order chi connectivity index (χ0) is 13.0. The summed E-state index contributed by atoms with van der Waals surface area (Å²) >= 11 is 1.72. The van der Waals surface area contributed by atoms with E-state index in [1.807, 2.05) is 0 Å². The van der Waals surface area contributed by atoms with Crippen LogP contribution in [0.15, 0.2) is 5.38 Å². The van der Waals surface area contributed by atoms with Gasteiger partial charge in [0, 0.05) is 18.0 Å². The Hall–Kier alpha value is -0.610. The Bertz CT molecular complexity index is 374. The number of hydrogen-bond acceptors (Lipinski definition) is 4. The maximum absolute atomic E-state index is 6.00. The molecule has 1 atom stereocenters. The first-order valence-electron chi connectivity index (χ1n) is 7.06. The second-order valence-corrected chi connectivity index (χ2v) is 5.93. The van der Waals surface area contributed by atoms with Crippen molar-refractivity contribution in [3.05, 3.63) is 11.1 Å². The fraction of sp³-hybridized carbons (Fsp3) is 0.786. The Morgan fingerprint density at radius 1 is 1.44 bits per heavy atom. The Labute approximate surface area is 114 Å². The van der Waals surface area contributed by atoms with Crippen LogP contribution in [-0.2, 0) is 11.2 Å². The van der Waals surface area contributed by atoms with Crippen molar-refractivity contribution in [2.24, 2.45) is 0 Å². The zero-order valence-corrected chi connectivity index (χ0v) is 12.5. The van der Waals surface area contributed by atoms with E-state index in [-0.39, 0.29) is 5.60 Å². The number of anilines is 1. The van der Waals surface area contributed by atoms with E-state index < -0.39 is 0 Å². The molecule has 0 bridgehead atoms. The van der Waals surface area contributed by atoms with E-state index in [1.165, 1.54) is 5.69 Å². The zero-order valence-electron chi connectivity index (χ0n) is 11.7. The lowest BCUT2D eigenvalue weighted by Gasteiger charge is -2.40. The van der Waals surface area contributed by atoms with Crippen molar-refractivity contribution < 1.29 is 4.74 Å².